The van der Waals surface area contributed by atoms with Crippen LogP contribution in [0.5, 0.6) is 0 Å². The second-order valence-corrected chi connectivity index (χ2v) is 11.2. The van der Waals surface area contributed by atoms with E-state index < -0.39 is 142 Å². The predicted octanol–water partition coefficient (Wildman–Crippen LogP) is -8.63. The van der Waals surface area contributed by atoms with Crippen molar-refractivity contribution in [2.75, 3.05) is 13.2 Å². The van der Waals surface area contributed by atoms with Gasteiger partial charge in [0.05, 0.1) is 19.3 Å². The van der Waals surface area contributed by atoms with E-state index in [9.17, 15) is 71.2 Å². The van der Waals surface area contributed by atoms with Crippen molar-refractivity contribution in [3.63, 3.8) is 0 Å². The van der Waals surface area contributed by atoms with Gasteiger partial charge < -0.3 is 99.5 Å². The number of aliphatic carboxylic acids is 1. The van der Waals surface area contributed by atoms with Gasteiger partial charge in [-0.3, -0.25) is 0 Å². The van der Waals surface area contributed by atoms with Crippen LogP contribution in [-0.2, 0) is 38.0 Å². The molecule has 45 heavy (non-hydrogen) atoms. The van der Waals surface area contributed by atoms with Gasteiger partial charge in [-0.25, -0.2) is 4.79 Å². The van der Waals surface area contributed by atoms with Crippen LogP contribution >= 0.6 is 0 Å². The first-order chi connectivity index (χ1) is 21.1. The molecule has 1 unspecified atom stereocenters. The molecule has 0 aromatic carbocycles. The molecule has 0 radical (unpaired) electrons. The Kier molecular flexibility index (Phi) is 12.1. The van der Waals surface area contributed by atoms with Gasteiger partial charge in [0.25, 0.3) is 0 Å². The van der Waals surface area contributed by atoms with Crippen LogP contribution in [0, 0.1) is 0 Å². The zero-order valence-corrected chi connectivity index (χ0v) is 23.5. The van der Waals surface area contributed by atoms with Gasteiger partial charge in [0.15, 0.2) is 31.3 Å². The Morgan fingerprint density at radius 2 is 0.978 bits per heavy atom. The Morgan fingerprint density at radius 3 is 1.53 bits per heavy atom. The van der Waals surface area contributed by atoms with Crippen molar-refractivity contribution >= 4 is 5.97 Å². The zero-order chi connectivity index (χ0) is 33.5. The number of rotatable bonds is 9. The molecule has 262 valence electrons. The van der Waals surface area contributed by atoms with Crippen molar-refractivity contribution in [3.05, 3.63) is 0 Å². The molecule has 0 aliphatic carbocycles. The molecule has 0 saturated carbocycles. The molecule has 4 rings (SSSR count). The summed E-state index contributed by atoms with van der Waals surface area (Å²) in [6.45, 7) is -0.403. The van der Waals surface area contributed by atoms with E-state index in [4.69, 9.17) is 33.2 Å². The maximum atomic E-state index is 12.1. The quantitative estimate of drug-likeness (QED) is 0.109. The Labute approximate surface area is 253 Å². The molecule has 21 heteroatoms. The number of carbonyl (C=O) groups is 1. The smallest absolute Gasteiger partial charge is 0.335 e. The molecule has 4 aliphatic heterocycles. The van der Waals surface area contributed by atoms with Gasteiger partial charge in [-0.2, -0.15) is 0 Å². The topological polar surface area (TPSA) is 345 Å². The largest absolute Gasteiger partial charge is 0.479 e. The van der Waals surface area contributed by atoms with E-state index in [1.54, 1.807) is 0 Å². The lowest BCUT2D eigenvalue weighted by atomic mass is 9.95. The minimum Gasteiger partial charge on any atom is -0.479 e. The summed E-state index contributed by atoms with van der Waals surface area (Å²) in [5.74, 6) is -1.79. The van der Waals surface area contributed by atoms with E-state index in [1.807, 2.05) is 0 Å². The van der Waals surface area contributed by atoms with Crippen molar-refractivity contribution < 1.29 is 104 Å². The highest BCUT2D eigenvalue weighted by Crippen LogP contribution is 2.34. The first-order valence-corrected chi connectivity index (χ1v) is 14.0. The maximum absolute atomic E-state index is 12.1. The van der Waals surface area contributed by atoms with Gasteiger partial charge in [-0.15, -0.1) is 0 Å². The third-order valence-corrected chi connectivity index (χ3v) is 8.13. The lowest BCUT2D eigenvalue weighted by Gasteiger charge is -2.48. The van der Waals surface area contributed by atoms with Crippen molar-refractivity contribution in [1.82, 2.24) is 0 Å². The molecule has 0 bridgehead atoms. The van der Waals surface area contributed by atoms with E-state index in [2.05, 4.69) is 0 Å². The molecule has 0 amide bonds. The Balaban J connectivity index is 1.46. The number of hydrogen-bond acceptors (Lipinski definition) is 20. The first kappa shape index (κ1) is 36.5. The highest BCUT2D eigenvalue weighted by atomic mass is 16.8. The molecule has 4 fully saturated rings. The Morgan fingerprint density at radius 1 is 0.533 bits per heavy atom. The summed E-state index contributed by atoms with van der Waals surface area (Å²) >= 11 is 0. The molecule has 0 aromatic heterocycles. The summed E-state index contributed by atoms with van der Waals surface area (Å²) < 4.78 is 37.3. The van der Waals surface area contributed by atoms with Crippen molar-refractivity contribution in [2.45, 2.75) is 130 Å². The molecular formula is C24H40O21. The van der Waals surface area contributed by atoms with Crippen LogP contribution in [0.1, 0.15) is 6.92 Å². The monoisotopic (exact) mass is 664 g/mol. The second kappa shape index (κ2) is 14.9. The summed E-state index contributed by atoms with van der Waals surface area (Å²) in [5, 5.41) is 132. The minimum atomic E-state index is -2.18. The first-order valence-electron chi connectivity index (χ1n) is 14.0. The average molecular weight is 665 g/mol. The molecular weight excluding hydrogens is 624 g/mol. The van der Waals surface area contributed by atoms with E-state index in [0.29, 0.717) is 0 Å². The standard InChI is InChI=1S/C24H40O21/c1-4-16(9(29)12(32)21(38)39-4)42-23-14(34)10(30)17(6(3-26)41-23)43-24-15(35)11(31)18(19(45-24)20(36)37)44-22-13(33)8(28)7(27)5(2-25)40-22/h4-19,21-35,38H,2-3H2,1H3,(H,36,37)/t4-,5+,6+,7+,8-,9-,10+,11-,12+,13+,14+,15+,16-,17+,18-,19-,21?,22-,23-,24+/m0/s1. The van der Waals surface area contributed by atoms with Crippen LogP contribution in [-0.4, -0.2) is 208 Å². The average Bonchev–Trinajstić information content (AvgIpc) is 3.00. The molecule has 0 spiro atoms. The fraction of sp³-hybridized carbons (Fsp3) is 0.958. The predicted molar refractivity (Wildman–Crippen MR) is 133 cm³/mol. The van der Waals surface area contributed by atoms with Gasteiger partial charge in [0.1, 0.15) is 85.5 Å². The molecule has 4 heterocycles. The van der Waals surface area contributed by atoms with Gasteiger partial charge in [-0.1, -0.05) is 0 Å². The highest BCUT2D eigenvalue weighted by Gasteiger charge is 2.56. The summed E-state index contributed by atoms with van der Waals surface area (Å²) in [6, 6.07) is 0. The summed E-state index contributed by atoms with van der Waals surface area (Å²) in [6.07, 6.45) is -36.5. The fourth-order valence-electron chi connectivity index (χ4n) is 5.49. The van der Waals surface area contributed by atoms with Crippen LogP contribution < -0.4 is 0 Å². The number of aliphatic hydroxyl groups is 12. The molecule has 20 atom stereocenters. The highest BCUT2D eigenvalue weighted by molar-refractivity contribution is 5.73. The lowest BCUT2D eigenvalue weighted by Crippen LogP contribution is -2.67. The number of aliphatic hydroxyl groups excluding tert-OH is 12. The molecule has 21 nitrogen and oxygen atoms in total. The van der Waals surface area contributed by atoms with Crippen molar-refractivity contribution in [1.29, 1.82) is 0 Å². The zero-order valence-electron chi connectivity index (χ0n) is 23.5. The Bertz CT molecular complexity index is 971. The van der Waals surface area contributed by atoms with Gasteiger partial charge in [0.2, 0.25) is 0 Å². The third-order valence-electron chi connectivity index (χ3n) is 8.13. The summed E-state index contributed by atoms with van der Waals surface area (Å²) in [7, 11) is 0. The summed E-state index contributed by atoms with van der Waals surface area (Å²) in [4.78, 5) is 12.1. The molecule has 13 N–H and O–H groups in total. The Hall–Kier alpha value is -1.29. The van der Waals surface area contributed by atoms with E-state index in [-0.39, 0.29) is 0 Å². The van der Waals surface area contributed by atoms with Gasteiger partial charge in [0, 0.05) is 0 Å². The summed E-state index contributed by atoms with van der Waals surface area (Å²) in [5.41, 5.74) is 0. The van der Waals surface area contributed by atoms with Crippen LogP contribution in [0.4, 0.5) is 0 Å². The fourth-order valence-corrected chi connectivity index (χ4v) is 5.49. The van der Waals surface area contributed by atoms with E-state index in [1.165, 1.54) is 6.92 Å². The maximum Gasteiger partial charge on any atom is 0.335 e. The molecule has 0 aromatic rings. The SMILES string of the molecule is C[C@@H]1OC(O)[C@H](O)[C@H](O)[C@H]1O[C@@H]1O[C@H](CO)[C@@H](O[C@@H]2O[C@H](C(=O)O)[C@@H](O[C@@H]3O[C@H](CO)[C@@H](O)[C@H](O)[C@H]3O)[C@@H](O)[C@H]2O)[C@H](O)[C@H]1O. The number of carboxylic acid groups (broad SMARTS) is 1. The number of hydrogen-bond donors (Lipinski definition) is 13. The third kappa shape index (κ3) is 7.26. The van der Waals surface area contributed by atoms with Crippen molar-refractivity contribution in [3.8, 4) is 0 Å². The van der Waals surface area contributed by atoms with E-state index in [0.717, 1.165) is 0 Å². The van der Waals surface area contributed by atoms with Crippen LogP contribution in [0.25, 0.3) is 0 Å². The van der Waals surface area contributed by atoms with Gasteiger partial charge in [-0.05, 0) is 6.92 Å². The molecule has 4 aliphatic rings. The minimum absolute atomic E-state index is 0.843. The van der Waals surface area contributed by atoms with Crippen LogP contribution in [0.3, 0.4) is 0 Å². The van der Waals surface area contributed by atoms with Crippen LogP contribution in [0.15, 0.2) is 0 Å². The lowest BCUT2D eigenvalue weighted by molar-refractivity contribution is -0.383. The second-order valence-electron chi connectivity index (χ2n) is 11.2. The van der Waals surface area contributed by atoms with Crippen LogP contribution in [0.2, 0.25) is 0 Å². The molecule has 4 saturated heterocycles. The van der Waals surface area contributed by atoms with Crippen molar-refractivity contribution in [2.24, 2.45) is 0 Å². The number of ether oxygens (including phenoxy) is 7. The van der Waals surface area contributed by atoms with E-state index >= 15 is 0 Å². The normalized spacial score (nSPS) is 52.8. The van der Waals surface area contributed by atoms with Gasteiger partial charge >= 0.3 is 5.97 Å². The number of carboxylic acids is 1.